The Hall–Kier alpha value is -3.25. The number of rotatable bonds is 8. The van der Waals surface area contributed by atoms with E-state index in [2.05, 4.69) is 27.5 Å². The van der Waals surface area contributed by atoms with Crippen molar-refractivity contribution >= 4 is 11.5 Å². The minimum atomic E-state index is 0.373. The molecule has 4 rings (SSSR count). The molecule has 0 amide bonds. The van der Waals surface area contributed by atoms with Gasteiger partial charge in [-0.05, 0) is 68.6 Å². The molecule has 31 heavy (non-hydrogen) atoms. The second kappa shape index (κ2) is 10.2. The third-order valence-electron chi connectivity index (χ3n) is 5.66. The lowest BCUT2D eigenvalue weighted by Crippen LogP contribution is -2.37. The van der Waals surface area contributed by atoms with Crippen LogP contribution >= 0.6 is 0 Å². The van der Waals surface area contributed by atoms with Crippen molar-refractivity contribution in [1.82, 2.24) is 15.3 Å². The zero-order valence-corrected chi connectivity index (χ0v) is 17.8. The SMILES string of the molecule is CCNC1CCC(Nc2ncncc2C(=N)c2ccc(Oc3ccccc3)cc2)CC1. The summed E-state index contributed by atoms with van der Waals surface area (Å²) in [7, 11) is 0. The molecule has 0 radical (unpaired) electrons. The second-order valence-electron chi connectivity index (χ2n) is 7.85. The van der Waals surface area contributed by atoms with Crippen LogP contribution in [0.5, 0.6) is 11.5 Å². The first kappa shape index (κ1) is 21.0. The van der Waals surface area contributed by atoms with Crippen molar-refractivity contribution in [2.45, 2.75) is 44.7 Å². The Balaban J connectivity index is 1.43. The first-order valence-corrected chi connectivity index (χ1v) is 10.9. The van der Waals surface area contributed by atoms with Crippen LogP contribution in [0.25, 0.3) is 0 Å². The zero-order chi connectivity index (χ0) is 21.5. The van der Waals surface area contributed by atoms with Crippen LogP contribution in [0.3, 0.4) is 0 Å². The normalized spacial score (nSPS) is 18.4. The van der Waals surface area contributed by atoms with Crippen molar-refractivity contribution in [3.05, 3.63) is 78.2 Å². The molecule has 6 heteroatoms. The largest absolute Gasteiger partial charge is 0.457 e. The van der Waals surface area contributed by atoms with E-state index in [-0.39, 0.29) is 0 Å². The van der Waals surface area contributed by atoms with Crippen molar-refractivity contribution < 1.29 is 4.74 Å². The summed E-state index contributed by atoms with van der Waals surface area (Å²) in [6.07, 6.45) is 7.77. The topological polar surface area (TPSA) is 82.9 Å². The van der Waals surface area contributed by atoms with Gasteiger partial charge in [-0.3, -0.25) is 5.41 Å². The standard InChI is InChI=1S/C25H29N5O/c1-2-28-19-10-12-20(13-11-19)30-25-23(16-27-17-29-25)24(26)18-8-14-22(15-9-18)31-21-6-4-3-5-7-21/h3-9,14-17,19-20,26,28H,2,10-13H2,1H3,(H,27,29,30). The highest BCUT2D eigenvalue weighted by Gasteiger charge is 2.22. The smallest absolute Gasteiger partial charge is 0.139 e. The molecule has 160 valence electrons. The van der Waals surface area contributed by atoms with E-state index in [1.807, 2.05) is 54.6 Å². The van der Waals surface area contributed by atoms with Crippen molar-refractivity contribution in [2.24, 2.45) is 0 Å². The van der Waals surface area contributed by atoms with Crippen molar-refractivity contribution in [3.63, 3.8) is 0 Å². The molecule has 3 aromatic rings. The lowest BCUT2D eigenvalue weighted by molar-refractivity contribution is 0.359. The molecule has 0 aliphatic heterocycles. The van der Waals surface area contributed by atoms with Crippen molar-refractivity contribution in [3.8, 4) is 11.5 Å². The Morgan fingerprint density at radius 3 is 2.35 bits per heavy atom. The van der Waals surface area contributed by atoms with E-state index in [9.17, 15) is 0 Å². The monoisotopic (exact) mass is 415 g/mol. The highest BCUT2D eigenvalue weighted by atomic mass is 16.5. The van der Waals surface area contributed by atoms with Gasteiger partial charge in [0, 0.05) is 23.8 Å². The molecular formula is C25H29N5O. The van der Waals surface area contributed by atoms with E-state index in [1.54, 1.807) is 12.5 Å². The number of hydrogen-bond donors (Lipinski definition) is 3. The number of benzene rings is 2. The Bertz CT molecular complexity index is 982. The highest BCUT2D eigenvalue weighted by Crippen LogP contribution is 2.25. The fraction of sp³-hybridized carbons (Fsp3) is 0.320. The van der Waals surface area contributed by atoms with Crippen LogP contribution in [-0.2, 0) is 0 Å². The fourth-order valence-electron chi connectivity index (χ4n) is 4.02. The molecule has 1 heterocycles. The maximum absolute atomic E-state index is 8.74. The summed E-state index contributed by atoms with van der Waals surface area (Å²) < 4.78 is 5.86. The second-order valence-corrected chi connectivity index (χ2v) is 7.85. The Morgan fingerprint density at radius 1 is 0.968 bits per heavy atom. The highest BCUT2D eigenvalue weighted by molar-refractivity contribution is 6.13. The molecule has 1 aromatic heterocycles. The van der Waals surface area contributed by atoms with E-state index < -0.39 is 0 Å². The van der Waals surface area contributed by atoms with Gasteiger partial charge in [0.25, 0.3) is 0 Å². The van der Waals surface area contributed by atoms with Gasteiger partial charge in [-0.2, -0.15) is 0 Å². The van der Waals surface area contributed by atoms with Crippen LogP contribution in [-0.4, -0.2) is 34.3 Å². The third-order valence-corrected chi connectivity index (χ3v) is 5.66. The third kappa shape index (κ3) is 5.47. The molecule has 1 fully saturated rings. The molecule has 1 aliphatic rings. The summed E-state index contributed by atoms with van der Waals surface area (Å²) >= 11 is 0. The summed E-state index contributed by atoms with van der Waals surface area (Å²) in [6, 6.07) is 18.2. The van der Waals surface area contributed by atoms with Gasteiger partial charge in [0.2, 0.25) is 0 Å². The van der Waals surface area contributed by atoms with Gasteiger partial charge in [-0.15, -0.1) is 0 Å². The Kier molecular flexibility index (Phi) is 6.89. The van der Waals surface area contributed by atoms with Crippen LogP contribution in [0.15, 0.2) is 67.1 Å². The number of para-hydroxylation sites is 1. The number of nitrogens with zero attached hydrogens (tertiary/aromatic N) is 2. The molecular weight excluding hydrogens is 386 g/mol. The molecule has 2 aromatic carbocycles. The van der Waals surface area contributed by atoms with E-state index in [1.165, 1.54) is 0 Å². The number of nitrogens with one attached hydrogen (secondary N) is 3. The summed E-state index contributed by atoms with van der Waals surface area (Å²) in [4.78, 5) is 8.61. The van der Waals surface area contributed by atoms with E-state index in [4.69, 9.17) is 10.1 Å². The van der Waals surface area contributed by atoms with Gasteiger partial charge in [-0.25, -0.2) is 9.97 Å². The van der Waals surface area contributed by atoms with Crippen LogP contribution in [0.2, 0.25) is 0 Å². The molecule has 6 nitrogen and oxygen atoms in total. The zero-order valence-electron chi connectivity index (χ0n) is 17.8. The summed E-state index contributed by atoms with van der Waals surface area (Å²) in [6.45, 7) is 3.18. The van der Waals surface area contributed by atoms with Gasteiger partial charge < -0.3 is 15.4 Å². The van der Waals surface area contributed by atoms with E-state index in [0.717, 1.165) is 55.1 Å². The molecule has 1 saturated carbocycles. The first-order chi connectivity index (χ1) is 15.2. The first-order valence-electron chi connectivity index (χ1n) is 10.9. The van der Waals surface area contributed by atoms with Gasteiger partial charge in [0.1, 0.15) is 23.6 Å². The number of aromatic nitrogens is 2. The Morgan fingerprint density at radius 2 is 1.65 bits per heavy atom. The summed E-state index contributed by atoms with van der Waals surface area (Å²) in [5.74, 6) is 2.26. The Labute approximate surface area is 183 Å². The molecule has 0 spiro atoms. The minimum Gasteiger partial charge on any atom is -0.457 e. The lowest BCUT2D eigenvalue weighted by atomic mass is 9.91. The molecule has 3 N–H and O–H groups in total. The molecule has 1 aliphatic carbocycles. The fourth-order valence-corrected chi connectivity index (χ4v) is 4.02. The lowest BCUT2D eigenvalue weighted by Gasteiger charge is -2.30. The average molecular weight is 416 g/mol. The number of ether oxygens (including phenoxy) is 1. The number of anilines is 1. The van der Waals surface area contributed by atoms with Gasteiger partial charge in [-0.1, -0.05) is 25.1 Å². The summed E-state index contributed by atoms with van der Waals surface area (Å²) in [5, 5.41) is 15.8. The maximum Gasteiger partial charge on any atom is 0.139 e. The molecule has 0 saturated heterocycles. The molecule has 0 bridgehead atoms. The molecule has 0 atom stereocenters. The van der Waals surface area contributed by atoms with Crippen LogP contribution in [0.4, 0.5) is 5.82 Å². The van der Waals surface area contributed by atoms with Crippen LogP contribution < -0.4 is 15.4 Å². The van der Waals surface area contributed by atoms with E-state index in [0.29, 0.717) is 23.4 Å². The average Bonchev–Trinajstić information content (AvgIpc) is 2.82. The van der Waals surface area contributed by atoms with Crippen LogP contribution in [0.1, 0.15) is 43.7 Å². The van der Waals surface area contributed by atoms with Gasteiger partial charge in [0.05, 0.1) is 11.3 Å². The predicted molar refractivity (Wildman–Crippen MR) is 124 cm³/mol. The van der Waals surface area contributed by atoms with Gasteiger partial charge >= 0.3 is 0 Å². The number of hydrogen-bond acceptors (Lipinski definition) is 6. The summed E-state index contributed by atoms with van der Waals surface area (Å²) in [5.41, 5.74) is 1.91. The van der Waals surface area contributed by atoms with Crippen molar-refractivity contribution in [2.75, 3.05) is 11.9 Å². The minimum absolute atomic E-state index is 0.373. The maximum atomic E-state index is 8.74. The van der Waals surface area contributed by atoms with Crippen molar-refractivity contribution in [1.29, 1.82) is 5.41 Å². The predicted octanol–water partition coefficient (Wildman–Crippen LogP) is 5.02. The van der Waals surface area contributed by atoms with Gasteiger partial charge in [0.15, 0.2) is 0 Å². The molecule has 0 unspecified atom stereocenters. The van der Waals surface area contributed by atoms with E-state index >= 15 is 0 Å². The van der Waals surface area contributed by atoms with Crippen LogP contribution in [0, 0.1) is 5.41 Å². The quantitative estimate of drug-likeness (QED) is 0.450.